The average molecular weight is 617 g/mol. The summed E-state index contributed by atoms with van der Waals surface area (Å²) in [6.07, 6.45) is 5.84. The summed E-state index contributed by atoms with van der Waals surface area (Å²) in [5, 5.41) is 16.8. The molecule has 0 amide bonds. The van der Waals surface area contributed by atoms with Crippen LogP contribution in [0.3, 0.4) is 0 Å². The third-order valence-electron chi connectivity index (χ3n) is 7.16. The SMILES string of the molecule is C=C(/C=C\C=C(/F)C#N)c1cc2nc(NCc3ncccc3C)nn2c(N(Cc2ccc(OC)cc2)Cc2ccc(OC)cc2)n1. The standard InChI is InChI=1S/C35H33FN8O2/c1-24(7-5-9-28(36)20-37)31-19-33-41-34(39-21-32-25(2)8-6-18-38-32)42-44(33)35(40-31)43(22-26-10-14-29(45-3)15-11-26)23-27-12-16-30(46-4)17-13-27/h5-19H,1,21-23H2,2-4H3,(H,39,42)/b7-5-,28-9-. The van der Waals surface area contributed by atoms with Crippen molar-refractivity contribution in [1.82, 2.24) is 24.6 Å². The van der Waals surface area contributed by atoms with Crippen LogP contribution >= 0.6 is 0 Å². The molecule has 232 valence electrons. The summed E-state index contributed by atoms with van der Waals surface area (Å²) in [4.78, 5) is 16.3. The molecule has 0 aliphatic heterocycles. The second kappa shape index (κ2) is 14.6. The molecule has 5 aromatic rings. The molecule has 5 rings (SSSR count). The fourth-order valence-electron chi connectivity index (χ4n) is 4.66. The second-order valence-corrected chi connectivity index (χ2v) is 10.3. The van der Waals surface area contributed by atoms with Crippen molar-refractivity contribution in [3.63, 3.8) is 0 Å². The number of hydrogen-bond acceptors (Lipinski definition) is 9. The number of nitriles is 1. The molecule has 0 bridgehead atoms. The van der Waals surface area contributed by atoms with E-state index in [1.165, 1.54) is 12.1 Å². The molecule has 0 spiro atoms. The molecule has 11 heteroatoms. The number of anilines is 2. The van der Waals surface area contributed by atoms with E-state index in [4.69, 9.17) is 29.8 Å². The van der Waals surface area contributed by atoms with E-state index >= 15 is 0 Å². The van der Waals surface area contributed by atoms with Crippen molar-refractivity contribution in [3.05, 3.63) is 132 Å². The lowest BCUT2D eigenvalue weighted by atomic mass is 10.1. The molecule has 0 aliphatic carbocycles. The summed E-state index contributed by atoms with van der Waals surface area (Å²) in [6.45, 7) is 7.55. The van der Waals surface area contributed by atoms with Gasteiger partial charge in [0.1, 0.15) is 17.6 Å². The quantitative estimate of drug-likeness (QED) is 0.115. The first kappa shape index (κ1) is 31.4. The number of aromatic nitrogens is 5. The van der Waals surface area contributed by atoms with E-state index in [2.05, 4.69) is 21.8 Å². The number of hydrogen-bond donors (Lipinski definition) is 1. The monoisotopic (exact) mass is 616 g/mol. The highest BCUT2D eigenvalue weighted by Crippen LogP contribution is 2.26. The fourth-order valence-corrected chi connectivity index (χ4v) is 4.66. The van der Waals surface area contributed by atoms with Crippen LogP contribution < -0.4 is 19.7 Å². The lowest BCUT2D eigenvalue weighted by Crippen LogP contribution is -2.26. The maximum absolute atomic E-state index is 13.4. The number of benzene rings is 2. The maximum Gasteiger partial charge on any atom is 0.243 e. The predicted octanol–water partition coefficient (Wildman–Crippen LogP) is 6.61. The van der Waals surface area contributed by atoms with Crippen molar-refractivity contribution >= 4 is 23.1 Å². The molecule has 0 fully saturated rings. The largest absolute Gasteiger partial charge is 0.497 e. The molecular weight excluding hydrogens is 583 g/mol. The molecule has 3 aromatic heterocycles. The van der Waals surface area contributed by atoms with Gasteiger partial charge in [-0.25, -0.2) is 4.98 Å². The van der Waals surface area contributed by atoms with Crippen LogP contribution in [-0.2, 0) is 19.6 Å². The minimum atomic E-state index is -0.908. The fraction of sp³-hybridized carbons (Fsp3) is 0.171. The molecule has 0 saturated carbocycles. The van der Waals surface area contributed by atoms with Gasteiger partial charge in [0, 0.05) is 25.4 Å². The normalized spacial score (nSPS) is 11.4. The molecule has 3 heterocycles. The van der Waals surface area contributed by atoms with E-state index in [1.807, 2.05) is 67.6 Å². The molecule has 0 aliphatic rings. The van der Waals surface area contributed by atoms with Crippen molar-refractivity contribution in [2.24, 2.45) is 0 Å². The van der Waals surface area contributed by atoms with Gasteiger partial charge in [0.05, 0.1) is 32.2 Å². The molecule has 10 nitrogen and oxygen atoms in total. The van der Waals surface area contributed by atoms with Crippen LogP contribution in [0, 0.1) is 18.3 Å². The Hall–Kier alpha value is -6.02. The third-order valence-corrected chi connectivity index (χ3v) is 7.16. The van der Waals surface area contributed by atoms with Crippen molar-refractivity contribution in [3.8, 4) is 17.6 Å². The number of fused-ring (bicyclic) bond motifs is 1. The molecule has 2 aromatic carbocycles. The zero-order valence-electron chi connectivity index (χ0n) is 25.8. The maximum atomic E-state index is 13.4. The minimum Gasteiger partial charge on any atom is -0.497 e. The number of ether oxygens (including phenoxy) is 2. The highest BCUT2D eigenvalue weighted by atomic mass is 19.1. The van der Waals surface area contributed by atoms with Gasteiger partial charge in [-0.1, -0.05) is 49.1 Å². The molecule has 0 saturated heterocycles. The van der Waals surface area contributed by atoms with Gasteiger partial charge >= 0.3 is 0 Å². The van der Waals surface area contributed by atoms with Crippen LogP contribution in [0.2, 0.25) is 0 Å². The third kappa shape index (κ3) is 7.73. The van der Waals surface area contributed by atoms with Gasteiger partial charge < -0.3 is 19.7 Å². The van der Waals surface area contributed by atoms with E-state index in [-0.39, 0.29) is 0 Å². The Bertz CT molecular complexity index is 1880. The van der Waals surface area contributed by atoms with Crippen LogP contribution in [0.1, 0.15) is 28.1 Å². The van der Waals surface area contributed by atoms with Gasteiger partial charge in [-0.05, 0) is 65.6 Å². The summed E-state index contributed by atoms with van der Waals surface area (Å²) in [7, 11) is 3.27. The number of aryl methyl sites for hydroxylation is 1. The minimum absolute atomic E-state index is 0.402. The zero-order valence-corrected chi connectivity index (χ0v) is 25.8. The molecule has 1 N–H and O–H groups in total. The van der Waals surface area contributed by atoms with Crippen LogP contribution in [0.5, 0.6) is 11.5 Å². The number of nitrogens with zero attached hydrogens (tertiary/aromatic N) is 7. The average Bonchev–Trinajstić information content (AvgIpc) is 3.50. The van der Waals surface area contributed by atoms with Gasteiger partial charge in [-0.15, -0.1) is 5.10 Å². The Labute approximate surface area is 266 Å². The van der Waals surface area contributed by atoms with Gasteiger partial charge in [0.15, 0.2) is 11.5 Å². The van der Waals surface area contributed by atoms with Crippen molar-refractivity contribution < 1.29 is 13.9 Å². The lowest BCUT2D eigenvalue weighted by Gasteiger charge is -2.25. The summed E-state index contributed by atoms with van der Waals surface area (Å²) < 4.78 is 25.9. The summed E-state index contributed by atoms with van der Waals surface area (Å²) >= 11 is 0. The first-order valence-electron chi connectivity index (χ1n) is 14.4. The first-order valence-corrected chi connectivity index (χ1v) is 14.4. The smallest absolute Gasteiger partial charge is 0.243 e. The Balaban J connectivity index is 1.58. The molecular formula is C35H33FN8O2. The van der Waals surface area contributed by atoms with Crippen molar-refractivity contribution in [2.75, 3.05) is 24.4 Å². The van der Waals surface area contributed by atoms with E-state index in [0.29, 0.717) is 48.4 Å². The lowest BCUT2D eigenvalue weighted by molar-refractivity contribution is 0.414. The van der Waals surface area contributed by atoms with Crippen molar-refractivity contribution in [2.45, 2.75) is 26.6 Å². The van der Waals surface area contributed by atoms with Gasteiger partial charge in [0.2, 0.25) is 11.9 Å². The Morgan fingerprint density at radius 3 is 2.26 bits per heavy atom. The number of methoxy groups -OCH3 is 2. The number of rotatable bonds is 13. The topological polar surface area (TPSA) is 113 Å². The Morgan fingerprint density at radius 1 is 1.02 bits per heavy atom. The second-order valence-electron chi connectivity index (χ2n) is 10.3. The summed E-state index contributed by atoms with van der Waals surface area (Å²) in [5.74, 6) is 1.53. The Kier molecular flexibility index (Phi) is 9.99. The number of nitrogens with one attached hydrogen (secondary N) is 1. The van der Waals surface area contributed by atoms with E-state index in [9.17, 15) is 4.39 Å². The van der Waals surface area contributed by atoms with E-state index in [1.54, 1.807) is 37.1 Å². The van der Waals surface area contributed by atoms with Gasteiger partial charge in [-0.2, -0.15) is 19.2 Å². The molecule has 0 radical (unpaired) electrons. The molecule has 0 atom stereocenters. The summed E-state index contributed by atoms with van der Waals surface area (Å²) in [6, 6.07) is 22.8. The van der Waals surface area contributed by atoms with Crippen LogP contribution in [-0.4, -0.2) is 38.8 Å². The number of pyridine rings is 1. The molecule has 0 unspecified atom stereocenters. The predicted molar refractivity (Wildman–Crippen MR) is 176 cm³/mol. The number of halogens is 1. The highest BCUT2D eigenvalue weighted by Gasteiger charge is 2.19. The van der Waals surface area contributed by atoms with Crippen LogP contribution in [0.25, 0.3) is 11.2 Å². The number of allylic oxidation sites excluding steroid dienone is 5. The molecule has 46 heavy (non-hydrogen) atoms. The summed E-state index contributed by atoms with van der Waals surface area (Å²) in [5.41, 5.74) is 5.53. The van der Waals surface area contributed by atoms with Crippen molar-refractivity contribution in [1.29, 1.82) is 5.26 Å². The van der Waals surface area contributed by atoms with Crippen LogP contribution in [0.4, 0.5) is 16.3 Å². The first-order chi connectivity index (χ1) is 22.4. The van der Waals surface area contributed by atoms with Gasteiger partial charge in [0.25, 0.3) is 0 Å². The van der Waals surface area contributed by atoms with E-state index < -0.39 is 5.83 Å². The van der Waals surface area contributed by atoms with Gasteiger partial charge in [-0.3, -0.25) is 4.98 Å². The zero-order chi connectivity index (χ0) is 32.5. The highest BCUT2D eigenvalue weighted by molar-refractivity contribution is 5.73. The Morgan fingerprint density at radius 2 is 1.67 bits per heavy atom. The van der Waals surface area contributed by atoms with E-state index in [0.717, 1.165) is 40.0 Å². The van der Waals surface area contributed by atoms with Crippen LogP contribution in [0.15, 0.2) is 104 Å².